The van der Waals surface area contributed by atoms with Gasteiger partial charge in [0, 0.05) is 30.3 Å². The molecule has 0 spiro atoms. The smallest absolute Gasteiger partial charge is 0.272 e. The summed E-state index contributed by atoms with van der Waals surface area (Å²) in [5.41, 5.74) is 1.08. The number of hydrogen-bond donors (Lipinski definition) is 0. The molecule has 0 radical (unpaired) electrons. The summed E-state index contributed by atoms with van der Waals surface area (Å²) >= 11 is 0. The lowest BCUT2D eigenvalue weighted by atomic mass is 10.1. The van der Waals surface area contributed by atoms with E-state index in [9.17, 15) is 14.9 Å². The lowest BCUT2D eigenvalue weighted by molar-refractivity contribution is -0.385. The lowest BCUT2D eigenvalue weighted by Gasteiger charge is -2.20. The van der Waals surface area contributed by atoms with Gasteiger partial charge in [-0.3, -0.25) is 14.9 Å². The van der Waals surface area contributed by atoms with Crippen LogP contribution >= 0.6 is 0 Å². The van der Waals surface area contributed by atoms with Crippen LogP contribution in [0.15, 0.2) is 18.2 Å². The van der Waals surface area contributed by atoms with Gasteiger partial charge >= 0.3 is 0 Å². The summed E-state index contributed by atoms with van der Waals surface area (Å²) in [4.78, 5) is 24.4. The fraction of sp³-hybridized carbons (Fsp3) is 0.500. The number of nitro benzene ring substituents is 1. The Bertz CT molecular complexity index is 472. The van der Waals surface area contributed by atoms with Crippen LogP contribution in [0.5, 0.6) is 0 Å². The van der Waals surface area contributed by atoms with Gasteiger partial charge in [-0.1, -0.05) is 13.3 Å². The number of nitro groups is 1. The van der Waals surface area contributed by atoms with Crippen LogP contribution in [0.1, 0.15) is 42.6 Å². The Labute approximate surface area is 113 Å². The molecule has 0 unspecified atom stereocenters. The van der Waals surface area contributed by atoms with Gasteiger partial charge in [-0.15, -0.1) is 0 Å². The second-order valence-electron chi connectivity index (χ2n) is 4.50. The van der Waals surface area contributed by atoms with E-state index >= 15 is 0 Å². The van der Waals surface area contributed by atoms with Crippen molar-refractivity contribution in [2.75, 3.05) is 13.1 Å². The first-order valence-corrected chi connectivity index (χ1v) is 6.55. The Morgan fingerprint density at radius 3 is 2.53 bits per heavy atom. The van der Waals surface area contributed by atoms with E-state index in [0.29, 0.717) is 17.7 Å². The largest absolute Gasteiger partial charge is 0.339 e. The van der Waals surface area contributed by atoms with Crippen LogP contribution in [0.4, 0.5) is 5.69 Å². The van der Waals surface area contributed by atoms with Crippen molar-refractivity contribution in [3.05, 3.63) is 39.4 Å². The first-order valence-electron chi connectivity index (χ1n) is 6.55. The van der Waals surface area contributed by atoms with Crippen LogP contribution in [0.2, 0.25) is 0 Å². The van der Waals surface area contributed by atoms with E-state index in [2.05, 4.69) is 6.92 Å². The van der Waals surface area contributed by atoms with E-state index < -0.39 is 4.92 Å². The summed E-state index contributed by atoms with van der Waals surface area (Å²) in [6.07, 6.45) is 1.99. The molecular weight excluding hydrogens is 244 g/mol. The summed E-state index contributed by atoms with van der Waals surface area (Å²) in [5, 5.41) is 10.7. The SMILES string of the molecule is CCCCN(CC)C(=O)c1ccc([N+](=O)[O-])c(C)c1. The molecule has 19 heavy (non-hydrogen) atoms. The van der Waals surface area contributed by atoms with Gasteiger partial charge in [0.05, 0.1) is 4.92 Å². The summed E-state index contributed by atoms with van der Waals surface area (Å²) in [7, 11) is 0. The van der Waals surface area contributed by atoms with Crippen LogP contribution in [-0.2, 0) is 0 Å². The normalized spacial score (nSPS) is 10.3. The zero-order chi connectivity index (χ0) is 14.4. The number of benzene rings is 1. The van der Waals surface area contributed by atoms with E-state index in [1.54, 1.807) is 17.9 Å². The number of carbonyl (C=O) groups excluding carboxylic acids is 1. The average Bonchev–Trinajstić information content (AvgIpc) is 2.38. The van der Waals surface area contributed by atoms with E-state index in [1.165, 1.54) is 12.1 Å². The molecule has 0 saturated heterocycles. The minimum atomic E-state index is -0.432. The summed E-state index contributed by atoms with van der Waals surface area (Å²) < 4.78 is 0. The molecule has 1 rings (SSSR count). The van der Waals surface area contributed by atoms with E-state index in [4.69, 9.17) is 0 Å². The second kappa shape index (κ2) is 6.87. The van der Waals surface area contributed by atoms with Crippen molar-refractivity contribution in [3.63, 3.8) is 0 Å². The van der Waals surface area contributed by atoms with Gasteiger partial charge in [-0.25, -0.2) is 0 Å². The maximum atomic E-state index is 12.3. The molecule has 0 N–H and O–H groups in total. The van der Waals surface area contributed by atoms with Gasteiger partial charge in [0.2, 0.25) is 0 Å². The van der Waals surface area contributed by atoms with Crippen molar-refractivity contribution in [2.45, 2.75) is 33.6 Å². The Kier molecular flexibility index (Phi) is 5.48. The molecule has 1 aromatic rings. The molecule has 0 aliphatic carbocycles. The molecule has 0 atom stereocenters. The molecule has 5 nitrogen and oxygen atoms in total. The highest BCUT2D eigenvalue weighted by atomic mass is 16.6. The molecule has 0 aliphatic heterocycles. The fourth-order valence-electron chi connectivity index (χ4n) is 1.93. The highest BCUT2D eigenvalue weighted by Crippen LogP contribution is 2.19. The highest BCUT2D eigenvalue weighted by molar-refractivity contribution is 5.94. The monoisotopic (exact) mass is 264 g/mol. The van der Waals surface area contributed by atoms with Gasteiger partial charge in [0.15, 0.2) is 0 Å². The zero-order valence-corrected chi connectivity index (χ0v) is 11.7. The average molecular weight is 264 g/mol. The lowest BCUT2D eigenvalue weighted by Crippen LogP contribution is -2.31. The van der Waals surface area contributed by atoms with Gasteiger partial charge in [0.25, 0.3) is 11.6 Å². The number of nitrogens with zero attached hydrogens (tertiary/aromatic N) is 2. The first-order chi connectivity index (χ1) is 9.01. The first kappa shape index (κ1) is 15.1. The zero-order valence-electron chi connectivity index (χ0n) is 11.7. The molecule has 1 amide bonds. The summed E-state index contributed by atoms with van der Waals surface area (Å²) in [6.45, 7) is 7.04. The highest BCUT2D eigenvalue weighted by Gasteiger charge is 2.17. The van der Waals surface area contributed by atoms with Crippen molar-refractivity contribution >= 4 is 11.6 Å². The van der Waals surface area contributed by atoms with Gasteiger partial charge in [-0.2, -0.15) is 0 Å². The minimum Gasteiger partial charge on any atom is -0.339 e. The van der Waals surface area contributed by atoms with Crippen molar-refractivity contribution in [3.8, 4) is 0 Å². The van der Waals surface area contributed by atoms with Crippen LogP contribution in [-0.4, -0.2) is 28.8 Å². The molecule has 0 aromatic heterocycles. The number of carbonyl (C=O) groups is 1. The third-order valence-electron chi connectivity index (χ3n) is 3.09. The third kappa shape index (κ3) is 3.77. The van der Waals surface area contributed by atoms with Gasteiger partial charge in [0.1, 0.15) is 0 Å². The molecule has 0 saturated carbocycles. The number of unbranched alkanes of at least 4 members (excludes halogenated alkanes) is 1. The minimum absolute atomic E-state index is 0.0492. The Morgan fingerprint density at radius 1 is 1.37 bits per heavy atom. The second-order valence-corrected chi connectivity index (χ2v) is 4.50. The van der Waals surface area contributed by atoms with Crippen molar-refractivity contribution in [1.82, 2.24) is 4.90 Å². The van der Waals surface area contributed by atoms with Gasteiger partial charge < -0.3 is 4.90 Å². The Balaban J connectivity index is 2.93. The summed E-state index contributed by atoms with van der Waals surface area (Å²) in [6, 6.07) is 4.52. The Hall–Kier alpha value is -1.91. The van der Waals surface area contributed by atoms with Gasteiger partial charge in [-0.05, 0) is 32.4 Å². The van der Waals surface area contributed by atoms with E-state index in [1.807, 2.05) is 6.92 Å². The fourth-order valence-corrected chi connectivity index (χ4v) is 1.93. The number of aryl methyl sites for hydroxylation is 1. The van der Waals surface area contributed by atoms with E-state index in [-0.39, 0.29) is 11.6 Å². The molecule has 0 fully saturated rings. The molecule has 104 valence electrons. The molecule has 1 aromatic carbocycles. The predicted octanol–water partition coefficient (Wildman–Crippen LogP) is 3.17. The molecule has 0 aliphatic rings. The molecular formula is C14H20N2O3. The number of hydrogen-bond acceptors (Lipinski definition) is 3. The Morgan fingerprint density at radius 2 is 2.05 bits per heavy atom. The van der Waals surface area contributed by atoms with Crippen LogP contribution in [0, 0.1) is 17.0 Å². The van der Waals surface area contributed by atoms with Crippen LogP contribution in [0.25, 0.3) is 0 Å². The standard InChI is InChI=1S/C14H20N2O3/c1-4-6-9-15(5-2)14(17)12-7-8-13(16(18)19)11(3)10-12/h7-8,10H,4-6,9H2,1-3H3. The molecule has 5 heteroatoms. The van der Waals surface area contributed by atoms with Crippen molar-refractivity contribution in [1.29, 1.82) is 0 Å². The molecule has 0 bridgehead atoms. The van der Waals surface area contributed by atoms with E-state index in [0.717, 1.165) is 19.4 Å². The topological polar surface area (TPSA) is 63.5 Å². The summed E-state index contributed by atoms with van der Waals surface area (Å²) in [5.74, 6) is -0.0612. The maximum absolute atomic E-state index is 12.3. The van der Waals surface area contributed by atoms with Crippen molar-refractivity contribution in [2.24, 2.45) is 0 Å². The maximum Gasteiger partial charge on any atom is 0.272 e. The van der Waals surface area contributed by atoms with Crippen LogP contribution < -0.4 is 0 Å². The van der Waals surface area contributed by atoms with Crippen LogP contribution in [0.3, 0.4) is 0 Å². The number of rotatable bonds is 6. The number of amides is 1. The quantitative estimate of drug-likeness (QED) is 0.585. The van der Waals surface area contributed by atoms with Crippen molar-refractivity contribution < 1.29 is 9.72 Å². The molecule has 0 heterocycles. The predicted molar refractivity (Wildman–Crippen MR) is 74.3 cm³/mol. The third-order valence-corrected chi connectivity index (χ3v) is 3.09.